The van der Waals surface area contributed by atoms with Crippen molar-refractivity contribution in [2.75, 3.05) is 20.1 Å². The summed E-state index contributed by atoms with van der Waals surface area (Å²) in [6.07, 6.45) is 8.63. The minimum atomic E-state index is -0.0908. The van der Waals surface area contributed by atoms with Gasteiger partial charge in [-0.3, -0.25) is 19.2 Å². The van der Waals surface area contributed by atoms with Crippen LogP contribution in [0.5, 0.6) is 5.75 Å². The summed E-state index contributed by atoms with van der Waals surface area (Å²) in [5, 5.41) is 0.585. The zero-order chi connectivity index (χ0) is 23.9. The van der Waals surface area contributed by atoms with Gasteiger partial charge in [-0.05, 0) is 67.3 Å². The van der Waals surface area contributed by atoms with Crippen molar-refractivity contribution in [2.24, 2.45) is 0 Å². The van der Waals surface area contributed by atoms with E-state index >= 15 is 0 Å². The van der Waals surface area contributed by atoms with Gasteiger partial charge in [0.05, 0.1) is 10.7 Å². The highest BCUT2D eigenvalue weighted by Gasteiger charge is 2.41. The largest absolute Gasteiger partial charge is 0.487 e. The number of benzene rings is 1. The molecule has 35 heavy (non-hydrogen) atoms. The summed E-state index contributed by atoms with van der Waals surface area (Å²) >= 11 is 5.87. The van der Waals surface area contributed by atoms with Gasteiger partial charge in [-0.2, -0.15) is 0 Å². The lowest BCUT2D eigenvalue weighted by atomic mass is 9.93. The first-order valence-corrected chi connectivity index (χ1v) is 12.6. The third-order valence-corrected chi connectivity index (χ3v) is 7.79. The van der Waals surface area contributed by atoms with Gasteiger partial charge in [0.25, 0.3) is 5.56 Å². The van der Waals surface area contributed by atoms with Crippen LogP contribution in [0, 0.1) is 0 Å². The number of rotatable bonds is 6. The van der Waals surface area contributed by atoms with E-state index in [2.05, 4.69) is 46.1 Å². The van der Waals surface area contributed by atoms with Crippen LogP contribution in [0.25, 0.3) is 11.8 Å². The molecule has 2 fully saturated rings. The Labute approximate surface area is 210 Å². The Balaban J connectivity index is 1.13. The van der Waals surface area contributed by atoms with E-state index in [0.29, 0.717) is 16.8 Å². The number of nitrogens with zero attached hydrogens (tertiary/aromatic N) is 4. The molecule has 3 aromatic rings. The number of aryl methyl sites for hydroxylation is 1. The zero-order valence-electron chi connectivity index (χ0n) is 19.9. The molecule has 0 radical (unpaired) electrons. The maximum absolute atomic E-state index is 12.8. The second-order valence-corrected chi connectivity index (χ2v) is 10.3. The number of likely N-dealkylation sites (tertiary alicyclic amines) is 2. The smallest absolute Gasteiger partial charge is 0.258 e. The van der Waals surface area contributed by atoms with Crippen molar-refractivity contribution < 1.29 is 4.74 Å². The first-order valence-electron chi connectivity index (χ1n) is 12.2. The number of hydrogen-bond acceptors (Lipinski definition) is 5. The molecule has 2 saturated heterocycles. The van der Waals surface area contributed by atoms with Crippen LogP contribution in [0.4, 0.5) is 0 Å². The molecule has 0 saturated carbocycles. The number of likely N-dealkylation sites (N-methyl/N-ethyl adjacent to an activating group) is 1. The monoisotopic (exact) mass is 488 g/mol. The minimum Gasteiger partial charge on any atom is -0.487 e. The lowest BCUT2D eigenvalue weighted by Crippen LogP contribution is -2.43. The van der Waals surface area contributed by atoms with Crippen LogP contribution in [-0.4, -0.2) is 51.6 Å². The summed E-state index contributed by atoms with van der Waals surface area (Å²) < 4.78 is 7.48. The number of fused-ring (bicyclic) bond motifs is 3. The van der Waals surface area contributed by atoms with Crippen LogP contribution in [0.3, 0.4) is 0 Å². The molecule has 180 valence electrons. The minimum absolute atomic E-state index is 0.0908. The van der Waals surface area contributed by atoms with Crippen LogP contribution in [0.15, 0.2) is 59.7 Å². The second kappa shape index (κ2) is 9.26. The molecular weight excluding hydrogens is 460 g/mol. The quantitative estimate of drug-likeness (QED) is 0.517. The summed E-state index contributed by atoms with van der Waals surface area (Å²) in [5.41, 5.74) is 5.65. The van der Waals surface area contributed by atoms with E-state index in [0.717, 1.165) is 36.8 Å². The van der Waals surface area contributed by atoms with Gasteiger partial charge in [0.2, 0.25) is 0 Å². The predicted octanol–water partition coefficient (Wildman–Crippen LogP) is 4.31. The SMILES string of the molecule is CN1C[C@H]2C[C@@H]1CN2Cc1ccc2c(c1)CCC(n1ccc(OCc3ccc(Cl)cn3)cc1=O)=C2. The van der Waals surface area contributed by atoms with Gasteiger partial charge >= 0.3 is 0 Å². The number of allylic oxidation sites excluding steroid dienone is 1. The average molecular weight is 489 g/mol. The van der Waals surface area contributed by atoms with Crippen LogP contribution < -0.4 is 10.3 Å². The molecule has 2 aliphatic heterocycles. The average Bonchev–Trinajstić information content (AvgIpc) is 3.42. The molecule has 2 aromatic heterocycles. The van der Waals surface area contributed by atoms with Crippen molar-refractivity contribution in [1.82, 2.24) is 19.4 Å². The van der Waals surface area contributed by atoms with Crippen molar-refractivity contribution >= 4 is 23.4 Å². The Hall–Kier alpha value is -2.93. The van der Waals surface area contributed by atoms with Crippen LogP contribution >= 0.6 is 11.6 Å². The maximum atomic E-state index is 12.8. The fraction of sp³-hybridized carbons (Fsp3) is 0.357. The Kier molecular flexibility index (Phi) is 5.96. The molecule has 1 aromatic carbocycles. The number of piperazine rings is 1. The van der Waals surface area contributed by atoms with E-state index in [9.17, 15) is 4.79 Å². The molecule has 0 amide bonds. The van der Waals surface area contributed by atoms with Crippen molar-refractivity contribution in [2.45, 2.75) is 44.5 Å². The molecule has 6 rings (SSSR count). The van der Waals surface area contributed by atoms with Crippen LogP contribution in [-0.2, 0) is 19.6 Å². The van der Waals surface area contributed by atoms with Gasteiger partial charge in [-0.1, -0.05) is 29.8 Å². The third kappa shape index (κ3) is 4.66. The van der Waals surface area contributed by atoms with Gasteiger partial charge < -0.3 is 9.64 Å². The van der Waals surface area contributed by atoms with E-state index in [1.165, 1.54) is 42.3 Å². The number of aromatic nitrogens is 2. The van der Waals surface area contributed by atoms with Gasteiger partial charge in [-0.15, -0.1) is 0 Å². The first kappa shape index (κ1) is 22.5. The molecule has 2 atom stereocenters. The topological polar surface area (TPSA) is 50.6 Å². The highest BCUT2D eigenvalue weighted by atomic mass is 35.5. The number of halogens is 1. The standard InChI is InChI=1S/C28H29ClN4O2/c1-31-16-26-12-25(31)17-32(26)15-19-2-3-21-11-24(7-4-20(21)10-19)33-9-8-27(13-28(33)34)35-18-23-6-5-22(29)14-30-23/h2-3,5-6,8-11,13-14,25-26H,4,7,12,15-18H2,1H3/t25-,26-/m1/s1. The first-order chi connectivity index (χ1) is 17.0. The molecule has 0 unspecified atom stereocenters. The zero-order valence-corrected chi connectivity index (χ0v) is 20.6. The molecular formula is C28H29ClN4O2. The van der Waals surface area contributed by atoms with E-state index in [4.69, 9.17) is 16.3 Å². The summed E-state index contributed by atoms with van der Waals surface area (Å²) in [6, 6.07) is 15.2. The summed E-state index contributed by atoms with van der Waals surface area (Å²) in [6.45, 7) is 3.69. The van der Waals surface area contributed by atoms with Gasteiger partial charge in [0, 0.05) is 55.9 Å². The normalized spacial score (nSPS) is 21.7. The summed E-state index contributed by atoms with van der Waals surface area (Å²) in [4.78, 5) is 22.2. The lowest BCUT2D eigenvalue weighted by Gasteiger charge is -2.32. The van der Waals surface area contributed by atoms with Crippen LogP contribution in [0.2, 0.25) is 5.02 Å². The number of hydrogen-bond donors (Lipinski definition) is 0. The van der Waals surface area contributed by atoms with Gasteiger partial charge in [0.15, 0.2) is 0 Å². The molecule has 1 aliphatic carbocycles. The third-order valence-electron chi connectivity index (χ3n) is 7.57. The summed E-state index contributed by atoms with van der Waals surface area (Å²) in [5.74, 6) is 0.534. The van der Waals surface area contributed by atoms with Crippen molar-refractivity contribution in [3.63, 3.8) is 0 Å². The highest BCUT2D eigenvalue weighted by molar-refractivity contribution is 6.30. The van der Waals surface area contributed by atoms with Crippen LogP contribution in [0.1, 0.15) is 35.2 Å². The van der Waals surface area contributed by atoms with Gasteiger partial charge in [0.1, 0.15) is 12.4 Å². The molecule has 0 N–H and O–H groups in total. The highest BCUT2D eigenvalue weighted by Crippen LogP contribution is 2.32. The van der Waals surface area contributed by atoms with E-state index in [1.54, 1.807) is 23.0 Å². The molecule has 6 nitrogen and oxygen atoms in total. The van der Waals surface area contributed by atoms with Crippen molar-refractivity contribution in [1.29, 1.82) is 0 Å². The predicted molar refractivity (Wildman–Crippen MR) is 138 cm³/mol. The van der Waals surface area contributed by atoms with Gasteiger partial charge in [-0.25, -0.2) is 0 Å². The Morgan fingerprint density at radius 3 is 2.74 bits per heavy atom. The molecule has 0 spiro atoms. The van der Waals surface area contributed by atoms with E-state index in [-0.39, 0.29) is 12.2 Å². The van der Waals surface area contributed by atoms with E-state index in [1.807, 2.05) is 12.1 Å². The Bertz CT molecular complexity index is 1330. The number of ether oxygens (including phenoxy) is 1. The molecule has 2 bridgehead atoms. The molecule has 3 aliphatic rings. The molecule has 7 heteroatoms. The maximum Gasteiger partial charge on any atom is 0.258 e. The Morgan fingerprint density at radius 1 is 1.09 bits per heavy atom. The van der Waals surface area contributed by atoms with E-state index < -0.39 is 0 Å². The second-order valence-electron chi connectivity index (χ2n) is 9.91. The van der Waals surface area contributed by atoms with Crippen molar-refractivity contribution in [3.8, 4) is 5.75 Å². The Morgan fingerprint density at radius 2 is 2.00 bits per heavy atom. The fourth-order valence-electron chi connectivity index (χ4n) is 5.63. The number of pyridine rings is 2. The molecule has 4 heterocycles. The summed E-state index contributed by atoms with van der Waals surface area (Å²) in [7, 11) is 2.25. The van der Waals surface area contributed by atoms with Crippen molar-refractivity contribution in [3.05, 3.63) is 92.6 Å². The fourth-order valence-corrected chi connectivity index (χ4v) is 5.74. The lowest BCUT2D eigenvalue weighted by molar-refractivity contribution is 0.143.